The van der Waals surface area contributed by atoms with Crippen molar-refractivity contribution in [2.75, 3.05) is 0 Å². The van der Waals surface area contributed by atoms with E-state index in [1.165, 1.54) is 0 Å². The van der Waals surface area contributed by atoms with Gasteiger partial charge in [0, 0.05) is 0 Å². The summed E-state index contributed by atoms with van der Waals surface area (Å²) in [4.78, 5) is 0. The maximum Gasteiger partial charge on any atom is 1.00 e. The molecule has 0 aromatic heterocycles. The number of halogens is 5. The Morgan fingerprint density at radius 3 is 0.625 bits per heavy atom. The zero-order chi connectivity index (χ0) is 5.45. The van der Waals surface area contributed by atoms with E-state index < -0.39 is -2.17 Å². The Labute approximate surface area is 141 Å². The van der Waals surface area contributed by atoms with Crippen LogP contribution in [-0.2, 0) is 0 Å². The smallest absolute Gasteiger partial charge is 1.00 e. The van der Waals surface area contributed by atoms with E-state index >= 15 is 0 Å². The van der Waals surface area contributed by atoms with Gasteiger partial charge in [0.25, 0.3) is 0 Å². The molecule has 8 heavy (non-hydrogen) atoms. The number of hydrogen-bond acceptors (Lipinski definition) is 0. The molecule has 0 atom stereocenters. The Morgan fingerprint density at radius 2 is 0.625 bits per heavy atom. The van der Waals surface area contributed by atoms with E-state index in [0.717, 1.165) is 0 Å². The maximum atomic E-state index is 2.57. The molecule has 0 radical (unpaired) electrons. The fourth-order valence-corrected chi connectivity index (χ4v) is 0. The molecule has 0 aliphatic carbocycles. The molecule has 0 saturated heterocycles. The Bertz CT molecular complexity index is 43.6. The zero-order valence-electron chi connectivity index (χ0n) is 4.34. The van der Waals surface area contributed by atoms with Crippen molar-refractivity contribution in [3.63, 3.8) is 0 Å². The largest absolute Gasteiger partial charge is 1.00 e. The predicted molar refractivity (Wildman–Crippen MR) is 75.9 cm³/mol. The fourth-order valence-electron chi connectivity index (χ4n) is 0. The van der Waals surface area contributed by atoms with Crippen LogP contribution < -0.4 is 59.1 Å². The van der Waals surface area contributed by atoms with Crippen LogP contribution in [0.5, 0.6) is 0 Å². The molecule has 0 aliphatic heterocycles. The number of rotatable bonds is 0. The van der Waals surface area contributed by atoms with Gasteiger partial charge in [0.05, 0.1) is 0 Å². The van der Waals surface area contributed by atoms with E-state index in [9.17, 15) is 0 Å². The van der Waals surface area contributed by atoms with Gasteiger partial charge in [-0.1, -0.05) is 0 Å². The molecule has 0 unspecified atom stereocenters. The van der Waals surface area contributed by atoms with Crippen LogP contribution in [0.2, 0.25) is 0 Å². The molecule has 0 aromatic rings. The average molecular weight is 889 g/mol. The van der Waals surface area contributed by atoms with E-state index in [1.807, 2.05) is 0 Å². The summed E-state index contributed by atoms with van der Waals surface area (Å²) in [7, 11) is 0. The van der Waals surface area contributed by atoms with Crippen molar-refractivity contribution in [3.8, 4) is 0 Å². The van der Waals surface area contributed by atoms with Crippen LogP contribution in [0.4, 0.5) is 0 Å². The standard InChI is InChI=1S/Bi.5HI.2Na/h;5*1H;;/q+3;;;;;;2*+1/p-5. The second-order valence-corrected chi connectivity index (χ2v) is 252. The van der Waals surface area contributed by atoms with Gasteiger partial charge in [-0.05, 0) is 0 Å². The Hall–Kier alpha value is 6.53. The first kappa shape index (κ1) is 20.0. The maximum absolute atomic E-state index is 2.57. The first-order valence-electron chi connectivity index (χ1n) is 0.845. The van der Waals surface area contributed by atoms with Crippen LogP contribution in [0.25, 0.3) is 0 Å². The van der Waals surface area contributed by atoms with Crippen molar-refractivity contribution in [1.29, 1.82) is 0 Å². The van der Waals surface area contributed by atoms with Gasteiger partial charge >= 0.3 is 147 Å². The van der Waals surface area contributed by atoms with Gasteiger partial charge < -0.3 is 0 Å². The van der Waals surface area contributed by atoms with E-state index in [0.29, 0.717) is 0 Å². The minimum absolute atomic E-state index is 0. The topological polar surface area (TPSA) is 0 Å². The first-order valence-corrected chi connectivity index (χ1v) is 49.7. The molecule has 0 aromatic carbocycles. The number of hydrogen-bond donors (Lipinski definition) is 0. The molecular formula is BiI5Na2. The molecule has 0 spiro atoms. The molecule has 0 rings (SSSR count). The minimum Gasteiger partial charge on any atom is 1.00 e. The van der Waals surface area contributed by atoms with Crippen molar-refractivity contribution < 1.29 is 59.1 Å². The summed E-state index contributed by atoms with van der Waals surface area (Å²) in [5, 5.41) is 0. The quantitative estimate of drug-likeness (QED) is 0.197. The normalized spacial score (nSPS) is 14.4. The molecule has 8 heteroatoms. The van der Waals surface area contributed by atoms with E-state index in [4.69, 9.17) is 0 Å². The third-order valence-corrected chi connectivity index (χ3v) is 0. The van der Waals surface area contributed by atoms with Gasteiger partial charge in [-0.2, -0.15) is 0 Å². The minimum atomic E-state index is -1.95. The molecule has 0 nitrogen and oxygen atoms in total. The molecule has 0 heterocycles. The van der Waals surface area contributed by atoms with Gasteiger partial charge in [0.1, 0.15) is 0 Å². The van der Waals surface area contributed by atoms with Crippen LogP contribution >= 0.6 is 90.2 Å². The predicted octanol–water partition coefficient (Wildman–Crippen LogP) is -1.94. The molecule has 0 bridgehead atoms. The third kappa shape index (κ3) is 39.1. The van der Waals surface area contributed by atoms with Crippen molar-refractivity contribution in [3.05, 3.63) is 0 Å². The summed E-state index contributed by atoms with van der Waals surface area (Å²) in [5.74, 6) is 0. The summed E-state index contributed by atoms with van der Waals surface area (Å²) in [6.07, 6.45) is 0. The van der Waals surface area contributed by atoms with E-state index in [1.54, 1.807) is 0 Å². The van der Waals surface area contributed by atoms with Crippen molar-refractivity contribution >= 4 is 88.1 Å². The Balaban J connectivity index is -0.000000125. The van der Waals surface area contributed by atoms with E-state index in [2.05, 4.69) is 90.2 Å². The van der Waals surface area contributed by atoms with Crippen LogP contribution in [0.3, 0.4) is 0 Å². The molecule has 0 fully saturated rings. The second kappa shape index (κ2) is 7.78. The van der Waals surface area contributed by atoms with Gasteiger partial charge in [0.15, 0.2) is 0 Å². The Kier molecular flexibility index (Phi) is 19.5. The van der Waals surface area contributed by atoms with Gasteiger partial charge in [-0.3, -0.25) is 0 Å². The summed E-state index contributed by atoms with van der Waals surface area (Å²) < 4.78 is -1.95. The Morgan fingerprint density at radius 1 is 0.625 bits per heavy atom. The molecular weight excluding hydrogens is 889 g/mol. The first-order chi connectivity index (χ1) is 2.24. The summed E-state index contributed by atoms with van der Waals surface area (Å²) in [6.45, 7) is 0. The summed E-state index contributed by atoms with van der Waals surface area (Å²) >= 11 is 12.9. The van der Waals surface area contributed by atoms with Crippen molar-refractivity contribution in [2.45, 2.75) is 0 Å². The molecule has 0 aliphatic rings. The van der Waals surface area contributed by atoms with E-state index in [-0.39, 0.29) is 59.1 Å². The molecule has 0 saturated carbocycles. The van der Waals surface area contributed by atoms with Gasteiger partial charge in [-0.15, -0.1) is 0 Å². The van der Waals surface area contributed by atoms with Crippen molar-refractivity contribution in [1.82, 2.24) is 0 Å². The third-order valence-electron chi connectivity index (χ3n) is 0. The molecule has 42 valence electrons. The molecule has 0 N–H and O–H groups in total. The van der Waals surface area contributed by atoms with Gasteiger partial charge in [-0.25, -0.2) is 0 Å². The monoisotopic (exact) mass is 889 g/mol. The van der Waals surface area contributed by atoms with Gasteiger partial charge in [0.2, 0.25) is 0 Å². The van der Waals surface area contributed by atoms with Crippen LogP contribution in [0, 0.1) is 0 Å². The van der Waals surface area contributed by atoms with Crippen LogP contribution in [-0.4, -0.2) is -2.17 Å². The second-order valence-electron chi connectivity index (χ2n) is 0.639. The van der Waals surface area contributed by atoms with Crippen LogP contribution in [0.1, 0.15) is 0 Å². The SMILES string of the molecule is [I][Bi-2]([I])([I])([I])[I].[Na+].[Na+]. The summed E-state index contributed by atoms with van der Waals surface area (Å²) in [5.41, 5.74) is 0. The summed E-state index contributed by atoms with van der Waals surface area (Å²) in [6, 6.07) is 0. The average Bonchev–Trinajstić information content (AvgIpc) is 0.650. The van der Waals surface area contributed by atoms with Crippen molar-refractivity contribution in [2.24, 2.45) is 0 Å². The zero-order valence-corrected chi connectivity index (χ0v) is 22.6. The van der Waals surface area contributed by atoms with Crippen LogP contribution in [0.15, 0.2) is 0 Å². The fraction of sp³-hybridized carbons (Fsp3) is 0. The molecule has 0 amide bonds.